The van der Waals surface area contributed by atoms with Crippen LogP contribution in [0, 0.1) is 0 Å². The molecule has 0 N–H and O–H groups in total. The Kier molecular flexibility index (Phi) is 4.87. The van der Waals surface area contributed by atoms with Gasteiger partial charge >= 0.3 is 0 Å². The van der Waals surface area contributed by atoms with Crippen molar-refractivity contribution in [1.29, 1.82) is 0 Å². The van der Waals surface area contributed by atoms with E-state index < -0.39 is 0 Å². The molecule has 0 saturated heterocycles. The largest absolute Gasteiger partial charge is 0.116 e. The van der Waals surface area contributed by atoms with Crippen LogP contribution in [0.3, 0.4) is 0 Å². The number of hydrogen-bond donors (Lipinski definition) is 0. The third-order valence-electron chi connectivity index (χ3n) is 0.354. The molecule has 0 aromatic carbocycles. The molecule has 1 aliphatic carbocycles. The van der Waals surface area contributed by atoms with E-state index in [0.29, 0.717) is 7.92 Å². The second kappa shape index (κ2) is 4.59. The molecule has 0 nitrogen and oxygen atoms in total. The van der Waals surface area contributed by atoms with Crippen molar-refractivity contribution in [3.8, 4) is 0 Å². The van der Waals surface area contributed by atoms with Gasteiger partial charge in [0.1, 0.15) is 0 Å². The van der Waals surface area contributed by atoms with Crippen LogP contribution in [0.1, 0.15) is 19.3 Å². The summed E-state index contributed by atoms with van der Waals surface area (Å²) in [7, 11) is 0.380. The predicted molar refractivity (Wildman–Crippen MR) is 38.5 cm³/mol. The molecule has 0 amide bonds. The lowest BCUT2D eigenvalue weighted by molar-refractivity contribution is 1.50. The van der Waals surface area contributed by atoms with Crippen molar-refractivity contribution in [2.45, 2.75) is 19.3 Å². The van der Waals surface area contributed by atoms with Crippen molar-refractivity contribution in [3.63, 3.8) is 0 Å². The third-order valence-corrected chi connectivity index (χ3v) is 0.354. The maximum Gasteiger partial charge on any atom is -0.0449 e. The molecule has 0 aliphatic heterocycles. The van der Waals surface area contributed by atoms with Gasteiger partial charge in [0, 0.05) is 0 Å². The summed E-state index contributed by atoms with van der Waals surface area (Å²) in [6, 6.07) is 0. The van der Waals surface area contributed by atoms with Crippen molar-refractivity contribution >= 4 is 7.92 Å². The Balaban J connectivity index is 0.000000105. The van der Waals surface area contributed by atoms with Gasteiger partial charge in [0.25, 0.3) is 0 Å². The first kappa shape index (κ1) is 7.43. The molecular formula is C6H15P. The van der Waals surface area contributed by atoms with Crippen LogP contribution in [-0.4, -0.2) is 20.0 Å². The Morgan fingerprint density at radius 2 is 1.00 bits per heavy atom. The van der Waals surface area contributed by atoms with Gasteiger partial charge in [0.15, 0.2) is 0 Å². The molecule has 44 valence electrons. The summed E-state index contributed by atoms with van der Waals surface area (Å²) < 4.78 is 0. The quantitative estimate of drug-likeness (QED) is 0.429. The van der Waals surface area contributed by atoms with E-state index in [2.05, 4.69) is 20.0 Å². The SMILES string of the molecule is C1CC1.CP(C)C. The van der Waals surface area contributed by atoms with Gasteiger partial charge in [-0.25, -0.2) is 0 Å². The highest BCUT2D eigenvalue weighted by Gasteiger charge is 1.95. The average Bonchev–Trinajstić information content (AvgIpc) is 2.02. The van der Waals surface area contributed by atoms with Crippen molar-refractivity contribution in [2.75, 3.05) is 20.0 Å². The molecule has 0 aromatic rings. The fourth-order valence-electron chi connectivity index (χ4n) is 0. The van der Waals surface area contributed by atoms with Crippen LogP contribution in [-0.2, 0) is 0 Å². The predicted octanol–water partition coefficient (Wildman–Crippen LogP) is 2.53. The van der Waals surface area contributed by atoms with Crippen LogP contribution < -0.4 is 0 Å². The number of hydrogen-bond acceptors (Lipinski definition) is 0. The molecule has 0 bridgehead atoms. The van der Waals surface area contributed by atoms with Crippen LogP contribution in [0.5, 0.6) is 0 Å². The van der Waals surface area contributed by atoms with E-state index in [1.165, 1.54) is 19.3 Å². The topological polar surface area (TPSA) is 0 Å². The fourth-order valence-corrected chi connectivity index (χ4v) is 0. The van der Waals surface area contributed by atoms with Gasteiger partial charge in [0.2, 0.25) is 0 Å². The summed E-state index contributed by atoms with van der Waals surface area (Å²) in [5, 5.41) is 0. The summed E-state index contributed by atoms with van der Waals surface area (Å²) in [6.45, 7) is 6.69. The Hall–Kier alpha value is 0.430. The van der Waals surface area contributed by atoms with E-state index in [1.807, 2.05) is 0 Å². The fraction of sp³-hybridized carbons (Fsp3) is 1.00. The minimum absolute atomic E-state index is 0.380. The first-order valence-corrected chi connectivity index (χ1v) is 5.52. The highest BCUT2D eigenvalue weighted by molar-refractivity contribution is 7.55. The summed E-state index contributed by atoms with van der Waals surface area (Å²) in [5.41, 5.74) is 0. The molecule has 0 unspecified atom stereocenters. The summed E-state index contributed by atoms with van der Waals surface area (Å²) >= 11 is 0. The standard InChI is InChI=1S/C3H9P.C3H6/c1-4(2)3;1-2-3-1/h1-3H3;1-3H2. The molecule has 0 atom stereocenters. The first-order chi connectivity index (χ1) is 3.23. The molecule has 0 aromatic heterocycles. The Labute approximate surface area is 48.1 Å². The molecule has 0 spiro atoms. The van der Waals surface area contributed by atoms with E-state index in [9.17, 15) is 0 Å². The Morgan fingerprint density at radius 1 is 0.857 bits per heavy atom. The number of rotatable bonds is 0. The van der Waals surface area contributed by atoms with Gasteiger partial charge in [-0.05, 0) is 20.0 Å². The van der Waals surface area contributed by atoms with Gasteiger partial charge in [-0.1, -0.05) is 19.3 Å². The molecule has 1 rings (SSSR count). The van der Waals surface area contributed by atoms with Crippen LogP contribution >= 0.6 is 7.92 Å². The Bertz CT molecular complexity index is 25.7. The lowest BCUT2D eigenvalue weighted by Gasteiger charge is -1.81. The zero-order chi connectivity index (χ0) is 5.70. The van der Waals surface area contributed by atoms with Crippen molar-refractivity contribution < 1.29 is 0 Å². The summed E-state index contributed by atoms with van der Waals surface area (Å²) in [4.78, 5) is 0. The lowest BCUT2D eigenvalue weighted by Crippen LogP contribution is -1.48. The molecule has 1 saturated carbocycles. The van der Waals surface area contributed by atoms with Gasteiger partial charge < -0.3 is 0 Å². The normalized spacial score (nSPS) is 15.4. The highest BCUT2D eigenvalue weighted by atomic mass is 31.1. The van der Waals surface area contributed by atoms with Crippen molar-refractivity contribution in [2.24, 2.45) is 0 Å². The van der Waals surface area contributed by atoms with Gasteiger partial charge in [0.05, 0.1) is 0 Å². The van der Waals surface area contributed by atoms with Crippen LogP contribution in [0.2, 0.25) is 0 Å². The minimum atomic E-state index is 0.380. The monoisotopic (exact) mass is 118 g/mol. The average molecular weight is 118 g/mol. The van der Waals surface area contributed by atoms with E-state index in [0.717, 1.165) is 0 Å². The molecule has 1 fully saturated rings. The van der Waals surface area contributed by atoms with Crippen LogP contribution in [0.15, 0.2) is 0 Å². The van der Waals surface area contributed by atoms with E-state index in [-0.39, 0.29) is 0 Å². The van der Waals surface area contributed by atoms with E-state index in [4.69, 9.17) is 0 Å². The zero-order valence-corrected chi connectivity index (χ0v) is 6.46. The van der Waals surface area contributed by atoms with E-state index in [1.54, 1.807) is 0 Å². The maximum absolute atomic E-state index is 2.23. The molecule has 1 aliphatic rings. The summed E-state index contributed by atoms with van der Waals surface area (Å²) in [6.07, 6.45) is 4.50. The van der Waals surface area contributed by atoms with Crippen LogP contribution in [0.4, 0.5) is 0 Å². The van der Waals surface area contributed by atoms with Crippen molar-refractivity contribution in [1.82, 2.24) is 0 Å². The smallest absolute Gasteiger partial charge is 0.0449 e. The molecule has 0 radical (unpaired) electrons. The second-order valence-electron chi connectivity index (χ2n) is 2.40. The third kappa shape index (κ3) is 61.7. The molecule has 0 heterocycles. The Morgan fingerprint density at radius 3 is 1.00 bits per heavy atom. The molecule has 7 heavy (non-hydrogen) atoms. The molecule has 1 heteroatoms. The second-order valence-corrected chi connectivity index (χ2v) is 5.09. The summed E-state index contributed by atoms with van der Waals surface area (Å²) in [5.74, 6) is 0. The zero-order valence-electron chi connectivity index (χ0n) is 5.57. The first-order valence-electron chi connectivity index (χ1n) is 2.84. The highest BCUT2D eigenvalue weighted by Crippen LogP contribution is 2.15. The molecular weight excluding hydrogens is 103 g/mol. The lowest BCUT2D eigenvalue weighted by atomic mass is 11.0. The minimum Gasteiger partial charge on any atom is -0.116 e. The van der Waals surface area contributed by atoms with Gasteiger partial charge in [-0.15, -0.1) is 7.92 Å². The van der Waals surface area contributed by atoms with E-state index >= 15 is 0 Å². The maximum atomic E-state index is 2.23. The van der Waals surface area contributed by atoms with Crippen LogP contribution in [0.25, 0.3) is 0 Å². The van der Waals surface area contributed by atoms with Gasteiger partial charge in [-0.3, -0.25) is 0 Å². The van der Waals surface area contributed by atoms with Gasteiger partial charge in [-0.2, -0.15) is 0 Å². The van der Waals surface area contributed by atoms with Crippen molar-refractivity contribution in [3.05, 3.63) is 0 Å².